The zero-order valence-electron chi connectivity index (χ0n) is 19.4. The average Bonchev–Trinajstić information content (AvgIpc) is 3.25. The van der Waals surface area contributed by atoms with Crippen molar-refractivity contribution in [2.24, 2.45) is 0 Å². The Morgan fingerprint density at radius 3 is 2.62 bits per heavy atom. The average molecular weight is 494 g/mol. The molecule has 8 heteroatoms. The number of rotatable bonds is 9. The lowest BCUT2D eigenvalue weighted by Gasteiger charge is -2.14. The van der Waals surface area contributed by atoms with Crippen molar-refractivity contribution in [1.82, 2.24) is 14.9 Å². The summed E-state index contributed by atoms with van der Waals surface area (Å²) in [5.74, 6) is 0.0382. The standard InChI is InChI=1S/C26H27N3O3S2/c1-17-9-11-20(12-10-17)22-13-21-24(34-22)25(31)29(14-19-7-5-4-6-8-19)26(28-21)33-16-23(30)27-18(2)15-32-3/h4-13,18H,14-16H2,1-3H3,(H,27,30). The number of benzene rings is 2. The van der Waals surface area contributed by atoms with Crippen LogP contribution in [-0.4, -0.2) is 41.0 Å². The summed E-state index contributed by atoms with van der Waals surface area (Å²) in [4.78, 5) is 31.8. The van der Waals surface area contributed by atoms with Gasteiger partial charge in [-0.2, -0.15) is 0 Å². The molecule has 2 aromatic carbocycles. The molecule has 6 nitrogen and oxygen atoms in total. The first-order valence-electron chi connectivity index (χ1n) is 11.0. The van der Waals surface area contributed by atoms with E-state index in [0.29, 0.717) is 28.5 Å². The molecule has 0 spiro atoms. The first-order valence-corrected chi connectivity index (χ1v) is 12.8. The van der Waals surface area contributed by atoms with Crippen LogP contribution in [0, 0.1) is 6.92 Å². The largest absolute Gasteiger partial charge is 0.383 e. The smallest absolute Gasteiger partial charge is 0.272 e. The zero-order valence-corrected chi connectivity index (χ0v) is 21.0. The lowest BCUT2D eigenvalue weighted by molar-refractivity contribution is -0.119. The number of methoxy groups -OCH3 is 1. The van der Waals surface area contributed by atoms with E-state index < -0.39 is 0 Å². The monoisotopic (exact) mass is 493 g/mol. The van der Waals surface area contributed by atoms with Crippen LogP contribution in [-0.2, 0) is 16.1 Å². The van der Waals surface area contributed by atoms with Crippen molar-refractivity contribution < 1.29 is 9.53 Å². The molecule has 0 radical (unpaired) electrons. The van der Waals surface area contributed by atoms with Crippen LogP contribution >= 0.6 is 23.1 Å². The van der Waals surface area contributed by atoms with Crippen molar-refractivity contribution in [1.29, 1.82) is 0 Å². The third-order valence-corrected chi connectivity index (χ3v) is 7.41. The predicted octanol–water partition coefficient (Wildman–Crippen LogP) is 4.72. The van der Waals surface area contributed by atoms with Gasteiger partial charge in [-0.15, -0.1) is 11.3 Å². The third-order valence-electron chi connectivity index (χ3n) is 5.27. The van der Waals surface area contributed by atoms with Crippen LogP contribution in [0.3, 0.4) is 0 Å². The van der Waals surface area contributed by atoms with E-state index in [4.69, 9.17) is 9.72 Å². The molecule has 0 aliphatic rings. The van der Waals surface area contributed by atoms with Crippen LogP contribution in [0.4, 0.5) is 0 Å². The Morgan fingerprint density at radius 2 is 1.91 bits per heavy atom. The van der Waals surface area contributed by atoms with Gasteiger partial charge >= 0.3 is 0 Å². The molecule has 0 aliphatic heterocycles. The van der Waals surface area contributed by atoms with Crippen LogP contribution < -0.4 is 10.9 Å². The van der Waals surface area contributed by atoms with E-state index in [1.165, 1.54) is 28.7 Å². The normalized spacial score (nSPS) is 12.1. The first kappa shape index (κ1) is 24.2. The summed E-state index contributed by atoms with van der Waals surface area (Å²) in [6, 6.07) is 19.9. The number of carbonyl (C=O) groups excluding carboxylic acids is 1. The summed E-state index contributed by atoms with van der Waals surface area (Å²) in [7, 11) is 1.60. The van der Waals surface area contributed by atoms with Gasteiger partial charge in [0.05, 0.1) is 24.4 Å². The van der Waals surface area contributed by atoms with Gasteiger partial charge < -0.3 is 10.1 Å². The Morgan fingerprint density at radius 1 is 1.18 bits per heavy atom. The van der Waals surface area contributed by atoms with Crippen molar-refractivity contribution >= 4 is 39.2 Å². The Hall–Kier alpha value is -2.94. The number of hydrogen-bond acceptors (Lipinski definition) is 6. The number of thioether (sulfide) groups is 1. The van der Waals surface area contributed by atoms with Crippen LogP contribution in [0.2, 0.25) is 0 Å². The molecule has 0 saturated carbocycles. The maximum atomic E-state index is 13.6. The number of nitrogens with one attached hydrogen (secondary N) is 1. The molecule has 1 atom stereocenters. The fourth-order valence-corrected chi connectivity index (χ4v) is 5.47. The maximum absolute atomic E-state index is 13.6. The summed E-state index contributed by atoms with van der Waals surface area (Å²) < 4.78 is 7.37. The molecule has 4 rings (SSSR count). The molecular weight excluding hydrogens is 466 g/mol. The van der Waals surface area contributed by atoms with Gasteiger partial charge in [-0.25, -0.2) is 4.98 Å². The second-order valence-corrected chi connectivity index (χ2v) is 10.2. The number of aryl methyl sites for hydroxylation is 1. The van der Waals surface area contributed by atoms with Gasteiger partial charge in [-0.3, -0.25) is 14.2 Å². The molecule has 4 aromatic rings. The number of hydrogen-bond donors (Lipinski definition) is 1. The van der Waals surface area contributed by atoms with Gasteiger partial charge in [0.25, 0.3) is 5.56 Å². The maximum Gasteiger partial charge on any atom is 0.272 e. The predicted molar refractivity (Wildman–Crippen MR) is 140 cm³/mol. The molecule has 2 heterocycles. The quantitative estimate of drug-likeness (QED) is 0.270. The molecule has 1 amide bonds. The molecule has 0 aliphatic carbocycles. The van der Waals surface area contributed by atoms with Gasteiger partial charge in [0.2, 0.25) is 5.91 Å². The lowest BCUT2D eigenvalue weighted by Crippen LogP contribution is -2.36. The summed E-state index contributed by atoms with van der Waals surface area (Å²) in [5.41, 5.74) is 3.81. The fraction of sp³-hybridized carbons (Fsp3) is 0.269. The van der Waals surface area contributed by atoms with E-state index in [1.54, 1.807) is 11.7 Å². The molecular formula is C26H27N3O3S2. The SMILES string of the molecule is COCC(C)NC(=O)CSc1nc2cc(-c3ccc(C)cc3)sc2c(=O)n1Cc1ccccc1. The summed E-state index contributed by atoms with van der Waals surface area (Å²) in [6.07, 6.45) is 0. The third kappa shape index (κ3) is 5.75. The molecule has 0 fully saturated rings. The number of thiophene rings is 1. The van der Waals surface area contributed by atoms with E-state index in [0.717, 1.165) is 16.0 Å². The van der Waals surface area contributed by atoms with Gasteiger partial charge in [0, 0.05) is 18.0 Å². The number of amides is 1. The molecule has 2 aromatic heterocycles. The van der Waals surface area contributed by atoms with Gasteiger partial charge in [0.1, 0.15) is 4.70 Å². The summed E-state index contributed by atoms with van der Waals surface area (Å²) in [6.45, 7) is 4.77. The Bertz CT molecular complexity index is 1330. The van der Waals surface area contributed by atoms with Crippen molar-refractivity contribution in [3.63, 3.8) is 0 Å². The van der Waals surface area contributed by atoms with Crippen molar-refractivity contribution in [2.75, 3.05) is 19.5 Å². The number of nitrogens with zero attached hydrogens (tertiary/aromatic N) is 2. The van der Waals surface area contributed by atoms with Crippen LogP contribution in [0.15, 0.2) is 70.6 Å². The number of ether oxygens (including phenoxy) is 1. The van der Waals surface area contributed by atoms with Crippen LogP contribution in [0.5, 0.6) is 0 Å². The molecule has 0 saturated heterocycles. The second-order valence-electron chi connectivity index (χ2n) is 8.17. The van der Waals surface area contributed by atoms with E-state index in [1.807, 2.05) is 50.2 Å². The minimum atomic E-state index is -0.124. The minimum Gasteiger partial charge on any atom is -0.383 e. The number of fused-ring (bicyclic) bond motifs is 1. The molecule has 176 valence electrons. The highest BCUT2D eigenvalue weighted by Gasteiger charge is 2.17. The molecule has 1 unspecified atom stereocenters. The Labute approximate surface area is 207 Å². The van der Waals surface area contributed by atoms with Crippen molar-refractivity contribution in [3.05, 3.63) is 82.1 Å². The van der Waals surface area contributed by atoms with Crippen molar-refractivity contribution in [3.8, 4) is 10.4 Å². The number of carbonyl (C=O) groups is 1. The van der Waals surface area contributed by atoms with E-state index in [9.17, 15) is 9.59 Å². The first-order chi connectivity index (χ1) is 16.4. The highest BCUT2D eigenvalue weighted by molar-refractivity contribution is 7.99. The van der Waals surface area contributed by atoms with Gasteiger partial charge in [-0.05, 0) is 31.0 Å². The van der Waals surface area contributed by atoms with Crippen LogP contribution in [0.25, 0.3) is 20.7 Å². The highest BCUT2D eigenvalue weighted by Crippen LogP contribution is 2.32. The molecule has 1 N–H and O–H groups in total. The van der Waals surface area contributed by atoms with Gasteiger partial charge in [0.15, 0.2) is 5.16 Å². The summed E-state index contributed by atoms with van der Waals surface area (Å²) in [5, 5.41) is 3.44. The molecule has 34 heavy (non-hydrogen) atoms. The topological polar surface area (TPSA) is 73.2 Å². The Balaban J connectivity index is 1.69. The lowest BCUT2D eigenvalue weighted by atomic mass is 10.1. The Kier molecular flexibility index (Phi) is 7.82. The van der Waals surface area contributed by atoms with E-state index >= 15 is 0 Å². The molecule has 0 bridgehead atoms. The number of aromatic nitrogens is 2. The van der Waals surface area contributed by atoms with Gasteiger partial charge in [-0.1, -0.05) is 71.9 Å². The van der Waals surface area contributed by atoms with E-state index in [-0.39, 0.29) is 23.3 Å². The second kappa shape index (κ2) is 11.0. The van der Waals surface area contributed by atoms with Crippen LogP contribution in [0.1, 0.15) is 18.1 Å². The highest BCUT2D eigenvalue weighted by atomic mass is 32.2. The van der Waals surface area contributed by atoms with E-state index in [2.05, 4.69) is 29.6 Å². The fourth-order valence-electron chi connectivity index (χ4n) is 3.60. The minimum absolute atomic E-state index is 0.0889. The summed E-state index contributed by atoms with van der Waals surface area (Å²) >= 11 is 2.73. The van der Waals surface area contributed by atoms with Crippen molar-refractivity contribution in [2.45, 2.75) is 31.6 Å². The zero-order chi connectivity index (χ0) is 24.1.